The maximum atomic E-state index is 12.8. The number of methoxy groups -OCH3 is 1. The van der Waals surface area contributed by atoms with Gasteiger partial charge in [-0.25, -0.2) is 4.39 Å². The summed E-state index contributed by atoms with van der Waals surface area (Å²) < 4.78 is 23.1. The molecule has 0 radical (unpaired) electrons. The summed E-state index contributed by atoms with van der Waals surface area (Å²) in [5.41, 5.74) is 0. The Balaban J connectivity index is 2.37. The summed E-state index contributed by atoms with van der Waals surface area (Å²) >= 11 is 0. The lowest BCUT2D eigenvalue weighted by atomic mass is 10.1. The summed E-state index contributed by atoms with van der Waals surface area (Å²) in [6.45, 7) is 0.986. The molecule has 3 nitrogen and oxygen atoms in total. The van der Waals surface area contributed by atoms with Gasteiger partial charge in [0.25, 0.3) is 0 Å². The normalized spacial score (nSPS) is 12.4. The second-order valence-electron chi connectivity index (χ2n) is 3.60. The highest BCUT2D eigenvalue weighted by molar-refractivity contribution is 5.22. The molecule has 1 aromatic rings. The molecule has 4 heteroatoms. The first kappa shape index (κ1) is 12.9. The quantitative estimate of drug-likeness (QED) is 0.774. The van der Waals surface area contributed by atoms with Gasteiger partial charge in [0.15, 0.2) is 0 Å². The third kappa shape index (κ3) is 4.59. The van der Waals surface area contributed by atoms with Gasteiger partial charge in [-0.3, -0.25) is 0 Å². The van der Waals surface area contributed by atoms with Crippen molar-refractivity contribution in [1.82, 2.24) is 0 Å². The van der Waals surface area contributed by atoms with Gasteiger partial charge in [-0.2, -0.15) is 0 Å². The Labute approximate surface area is 94.8 Å². The number of halogens is 1. The molecule has 0 aromatic heterocycles. The van der Waals surface area contributed by atoms with Crippen molar-refractivity contribution in [3.63, 3.8) is 0 Å². The van der Waals surface area contributed by atoms with Crippen LogP contribution in [0.2, 0.25) is 0 Å². The van der Waals surface area contributed by atoms with Crippen molar-refractivity contribution >= 4 is 0 Å². The maximum absolute atomic E-state index is 12.8. The lowest BCUT2D eigenvalue weighted by Gasteiger charge is -2.14. The van der Waals surface area contributed by atoms with E-state index in [1.165, 1.54) is 12.1 Å². The van der Waals surface area contributed by atoms with Crippen molar-refractivity contribution in [3.05, 3.63) is 30.1 Å². The smallest absolute Gasteiger partial charge is 0.126 e. The molecule has 0 bridgehead atoms. The van der Waals surface area contributed by atoms with Crippen LogP contribution in [0.3, 0.4) is 0 Å². The maximum Gasteiger partial charge on any atom is 0.126 e. The van der Waals surface area contributed by atoms with Crippen LogP contribution in [0.1, 0.15) is 6.42 Å². The molecule has 1 aromatic carbocycles. The fraction of sp³-hybridized carbons (Fsp3) is 0.500. The van der Waals surface area contributed by atoms with E-state index in [0.29, 0.717) is 19.0 Å². The van der Waals surface area contributed by atoms with Gasteiger partial charge >= 0.3 is 0 Å². The molecule has 1 unspecified atom stereocenters. The highest BCUT2D eigenvalue weighted by atomic mass is 19.1. The number of ether oxygens (including phenoxy) is 2. The van der Waals surface area contributed by atoms with Crippen molar-refractivity contribution in [2.75, 3.05) is 26.9 Å². The molecule has 0 aliphatic heterocycles. The van der Waals surface area contributed by atoms with Gasteiger partial charge in [0.1, 0.15) is 11.6 Å². The van der Waals surface area contributed by atoms with E-state index in [1.54, 1.807) is 19.2 Å². The van der Waals surface area contributed by atoms with Crippen LogP contribution in [0.5, 0.6) is 5.75 Å². The van der Waals surface area contributed by atoms with Crippen LogP contribution in [0.15, 0.2) is 24.3 Å². The zero-order chi connectivity index (χ0) is 11.8. The zero-order valence-electron chi connectivity index (χ0n) is 9.36. The van der Waals surface area contributed by atoms with E-state index < -0.39 is 0 Å². The third-order valence-electron chi connectivity index (χ3n) is 2.27. The van der Waals surface area contributed by atoms with Crippen molar-refractivity contribution < 1.29 is 19.0 Å². The molecule has 0 fully saturated rings. The molecule has 0 saturated heterocycles. The Kier molecular flexibility index (Phi) is 5.82. The molecule has 0 amide bonds. The molecule has 16 heavy (non-hydrogen) atoms. The number of benzene rings is 1. The van der Waals surface area contributed by atoms with Gasteiger partial charge in [0.05, 0.1) is 6.61 Å². The number of rotatable bonds is 7. The molecule has 1 atom stereocenters. The Morgan fingerprint density at radius 1 is 1.44 bits per heavy atom. The molecular formula is C12H17FO3. The third-order valence-corrected chi connectivity index (χ3v) is 2.27. The van der Waals surface area contributed by atoms with E-state index in [4.69, 9.17) is 14.6 Å². The van der Waals surface area contributed by atoms with Crippen LogP contribution >= 0.6 is 0 Å². The first-order valence-corrected chi connectivity index (χ1v) is 5.24. The minimum absolute atomic E-state index is 0.0169. The van der Waals surface area contributed by atoms with Gasteiger partial charge in [0, 0.05) is 32.3 Å². The van der Waals surface area contributed by atoms with Crippen LogP contribution in [-0.4, -0.2) is 32.0 Å². The molecule has 1 rings (SSSR count). The fourth-order valence-corrected chi connectivity index (χ4v) is 1.28. The average molecular weight is 228 g/mol. The number of hydrogen-bond donors (Lipinski definition) is 1. The first-order chi connectivity index (χ1) is 7.76. The van der Waals surface area contributed by atoms with E-state index in [0.717, 1.165) is 6.42 Å². The molecule has 0 spiro atoms. The molecule has 0 heterocycles. The Bertz CT molecular complexity index is 304. The van der Waals surface area contributed by atoms with E-state index in [1.807, 2.05) is 0 Å². The average Bonchev–Trinajstić information content (AvgIpc) is 2.29. The minimum Gasteiger partial charge on any atom is -0.493 e. The van der Waals surface area contributed by atoms with Gasteiger partial charge in [0.2, 0.25) is 0 Å². The van der Waals surface area contributed by atoms with Crippen molar-refractivity contribution in [3.8, 4) is 5.75 Å². The van der Waals surface area contributed by atoms with Crippen molar-refractivity contribution in [1.29, 1.82) is 0 Å². The summed E-state index contributed by atoms with van der Waals surface area (Å²) in [5.74, 6) is 0.175. The van der Waals surface area contributed by atoms with Gasteiger partial charge in [-0.1, -0.05) is 6.07 Å². The highest BCUT2D eigenvalue weighted by Gasteiger charge is 2.08. The predicted octanol–water partition coefficient (Wildman–Crippen LogP) is 1.85. The first-order valence-electron chi connectivity index (χ1n) is 5.24. The van der Waals surface area contributed by atoms with E-state index in [9.17, 15) is 4.39 Å². The second-order valence-corrected chi connectivity index (χ2v) is 3.60. The van der Waals surface area contributed by atoms with E-state index >= 15 is 0 Å². The SMILES string of the molecule is COCCC(CO)COc1cccc(F)c1. The fourth-order valence-electron chi connectivity index (χ4n) is 1.28. The molecule has 1 N–H and O–H groups in total. The van der Waals surface area contributed by atoms with Crippen LogP contribution in [0, 0.1) is 11.7 Å². The summed E-state index contributed by atoms with van der Waals surface area (Å²) in [6.07, 6.45) is 0.725. The lowest BCUT2D eigenvalue weighted by Crippen LogP contribution is -2.17. The molecule has 0 aliphatic carbocycles. The van der Waals surface area contributed by atoms with Crippen LogP contribution in [-0.2, 0) is 4.74 Å². The molecule has 90 valence electrons. The van der Waals surface area contributed by atoms with Crippen LogP contribution in [0.25, 0.3) is 0 Å². The predicted molar refractivity (Wildman–Crippen MR) is 59.0 cm³/mol. The molecular weight excluding hydrogens is 211 g/mol. The number of aliphatic hydroxyl groups is 1. The highest BCUT2D eigenvalue weighted by Crippen LogP contribution is 2.14. The second kappa shape index (κ2) is 7.19. The van der Waals surface area contributed by atoms with Crippen molar-refractivity contribution in [2.24, 2.45) is 5.92 Å². The standard InChI is InChI=1S/C12H17FO3/c1-15-6-5-10(8-14)9-16-12-4-2-3-11(13)7-12/h2-4,7,10,14H,5-6,8-9H2,1H3. The minimum atomic E-state index is -0.324. The van der Waals surface area contributed by atoms with Crippen LogP contribution < -0.4 is 4.74 Å². The van der Waals surface area contributed by atoms with E-state index in [2.05, 4.69) is 0 Å². The summed E-state index contributed by atoms with van der Waals surface area (Å²) in [7, 11) is 1.61. The van der Waals surface area contributed by atoms with E-state index in [-0.39, 0.29) is 18.3 Å². The van der Waals surface area contributed by atoms with Gasteiger partial charge in [-0.15, -0.1) is 0 Å². The zero-order valence-corrected chi connectivity index (χ0v) is 9.36. The van der Waals surface area contributed by atoms with Crippen molar-refractivity contribution in [2.45, 2.75) is 6.42 Å². The molecule has 0 aliphatic rings. The summed E-state index contributed by atoms with van der Waals surface area (Å²) in [6, 6.07) is 5.97. The summed E-state index contributed by atoms with van der Waals surface area (Å²) in [4.78, 5) is 0. The lowest BCUT2D eigenvalue weighted by molar-refractivity contribution is 0.115. The summed E-state index contributed by atoms with van der Waals surface area (Å²) in [5, 5.41) is 9.08. The van der Waals surface area contributed by atoms with Gasteiger partial charge < -0.3 is 14.6 Å². The topological polar surface area (TPSA) is 38.7 Å². The van der Waals surface area contributed by atoms with Gasteiger partial charge in [-0.05, 0) is 18.6 Å². The number of hydrogen-bond acceptors (Lipinski definition) is 3. The molecule has 0 saturated carbocycles. The largest absolute Gasteiger partial charge is 0.493 e. The Morgan fingerprint density at radius 3 is 2.88 bits per heavy atom. The Morgan fingerprint density at radius 2 is 2.25 bits per heavy atom. The number of aliphatic hydroxyl groups excluding tert-OH is 1. The monoisotopic (exact) mass is 228 g/mol. The Hall–Kier alpha value is -1.13. The van der Waals surface area contributed by atoms with Crippen LogP contribution in [0.4, 0.5) is 4.39 Å².